The van der Waals surface area contributed by atoms with E-state index in [1.807, 2.05) is 20.8 Å². The molecule has 1 heterocycles. The summed E-state index contributed by atoms with van der Waals surface area (Å²) in [6, 6.07) is 5.79. The second kappa shape index (κ2) is 12.1. The Balaban J connectivity index is 2.84. The number of rotatable bonds is 8. The molecule has 0 bridgehead atoms. The van der Waals surface area contributed by atoms with Crippen LogP contribution in [0.3, 0.4) is 0 Å². The maximum absolute atomic E-state index is 13.8. The SMILES string of the molecule is CCOC(=O)CN(Cc1c(C(=O)OCC)c(Br)c(C(C)(C)C)n1-c1ccc(F)cc1)C(=O)OC(C)(C)C. The lowest BCUT2D eigenvalue weighted by molar-refractivity contribution is -0.144. The first-order valence-electron chi connectivity index (χ1n) is 12.1. The molecule has 2 rings (SSSR count). The summed E-state index contributed by atoms with van der Waals surface area (Å²) in [5.74, 6) is -1.64. The van der Waals surface area contributed by atoms with Gasteiger partial charge in [-0.3, -0.25) is 9.69 Å². The Morgan fingerprint density at radius 3 is 2.03 bits per heavy atom. The number of carbonyl (C=O) groups is 3. The summed E-state index contributed by atoms with van der Waals surface area (Å²) in [5, 5.41) is 0. The predicted octanol–water partition coefficient (Wildman–Crippen LogP) is 6.15. The van der Waals surface area contributed by atoms with Gasteiger partial charge in [-0.2, -0.15) is 0 Å². The third kappa shape index (κ3) is 7.80. The number of ether oxygens (including phenoxy) is 3. The predicted molar refractivity (Wildman–Crippen MR) is 141 cm³/mol. The monoisotopic (exact) mass is 582 g/mol. The van der Waals surface area contributed by atoms with Crippen molar-refractivity contribution >= 4 is 34.0 Å². The first kappa shape index (κ1) is 30.3. The van der Waals surface area contributed by atoms with Crippen molar-refractivity contribution < 1.29 is 33.0 Å². The molecule has 2 aromatic rings. The zero-order chi connectivity index (χ0) is 28.1. The highest BCUT2D eigenvalue weighted by molar-refractivity contribution is 9.10. The smallest absolute Gasteiger partial charge is 0.411 e. The molecule has 0 spiro atoms. The maximum Gasteiger partial charge on any atom is 0.411 e. The lowest BCUT2D eigenvalue weighted by Crippen LogP contribution is -2.40. The Morgan fingerprint density at radius 1 is 0.973 bits per heavy atom. The highest BCUT2D eigenvalue weighted by atomic mass is 79.9. The molecule has 0 unspecified atom stereocenters. The fourth-order valence-corrected chi connectivity index (χ4v) is 4.91. The summed E-state index contributed by atoms with van der Waals surface area (Å²) in [4.78, 5) is 40.0. The van der Waals surface area contributed by atoms with Gasteiger partial charge in [-0.1, -0.05) is 20.8 Å². The molecule has 0 N–H and O–H groups in total. The summed E-state index contributed by atoms with van der Waals surface area (Å²) in [6.07, 6.45) is -0.754. The van der Waals surface area contributed by atoms with Gasteiger partial charge in [0.1, 0.15) is 18.0 Å². The third-order valence-corrected chi connectivity index (χ3v) is 5.87. The van der Waals surface area contributed by atoms with Crippen LogP contribution < -0.4 is 0 Å². The highest BCUT2D eigenvalue weighted by Crippen LogP contribution is 2.40. The largest absolute Gasteiger partial charge is 0.465 e. The summed E-state index contributed by atoms with van der Waals surface area (Å²) in [6.45, 7) is 14.1. The zero-order valence-corrected chi connectivity index (χ0v) is 24.3. The minimum atomic E-state index is -0.829. The highest BCUT2D eigenvalue weighted by Gasteiger charge is 2.35. The van der Waals surface area contributed by atoms with Crippen LogP contribution in [0.15, 0.2) is 28.7 Å². The molecule has 1 aromatic heterocycles. The number of hydrogen-bond donors (Lipinski definition) is 0. The van der Waals surface area contributed by atoms with Crippen LogP contribution in [0.5, 0.6) is 0 Å². The molecule has 8 nitrogen and oxygen atoms in total. The van der Waals surface area contributed by atoms with Crippen LogP contribution in [0.1, 0.15) is 77.1 Å². The maximum atomic E-state index is 13.8. The molecule has 0 saturated heterocycles. The Hall–Kier alpha value is -2.88. The Labute approximate surface area is 226 Å². The number of carbonyl (C=O) groups excluding carboxylic acids is 3. The second-order valence-electron chi connectivity index (χ2n) is 10.4. The van der Waals surface area contributed by atoms with Gasteiger partial charge in [0.2, 0.25) is 0 Å². The Bertz CT molecular complexity index is 1130. The summed E-state index contributed by atoms with van der Waals surface area (Å²) in [7, 11) is 0. The van der Waals surface area contributed by atoms with Crippen molar-refractivity contribution in [2.45, 2.75) is 73.0 Å². The number of amides is 1. The average molecular weight is 583 g/mol. The van der Waals surface area contributed by atoms with Crippen LogP contribution in [0.25, 0.3) is 5.69 Å². The number of nitrogens with zero attached hydrogens (tertiary/aromatic N) is 2. The molecule has 0 atom stereocenters. The first-order chi connectivity index (χ1) is 17.1. The van der Waals surface area contributed by atoms with Crippen molar-refractivity contribution in [1.82, 2.24) is 9.47 Å². The molecule has 0 aliphatic carbocycles. The van der Waals surface area contributed by atoms with E-state index in [0.29, 0.717) is 21.5 Å². The van der Waals surface area contributed by atoms with E-state index in [1.165, 1.54) is 17.0 Å². The molecule has 0 radical (unpaired) electrons. The minimum absolute atomic E-state index is 0.135. The van der Waals surface area contributed by atoms with Gasteiger partial charge in [-0.25, -0.2) is 14.0 Å². The van der Waals surface area contributed by atoms with E-state index in [1.54, 1.807) is 51.3 Å². The van der Waals surface area contributed by atoms with Crippen LogP contribution in [0, 0.1) is 5.82 Å². The third-order valence-electron chi connectivity index (χ3n) is 5.10. The number of esters is 2. The molecule has 0 aliphatic heterocycles. The van der Waals surface area contributed by atoms with E-state index < -0.39 is 41.4 Å². The number of hydrogen-bond acceptors (Lipinski definition) is 6. The number of aromatic nitrogens is 1. The van der Waals surface area contributed by atoms with Gasteiger partial charge in [0.25, 0.3) is 0 Å². The minimum Gasteiger partial charge on any atom is -0.465 e. The molecule has 0 fully saturated rings. The Morgan fingerprint density at radius 2 is 1.54 bits per heavy atom. The first-order valence-corrected chi connectivity index (χ1v) is 12.9. The van der Waals surface area contributed by atoms with Crippen molar-refractivity contribution in [3.8, 4) is 5.69 Å². The lowest BCUT2D eigenvalue weighted by atomic mass is 9.91. The van der Waals surface area contributed by atoms with E-state index >= 15 is 0 Å². The fraction of sp³-hybridized carbons (Fsp3) is 0.519. The van der Waals surface area contributed by atoms with Crippen LogP contribution >= 0.6 is 15.9 Å². The van der Waals surface area contributed by atoms with Gasteiger partial charge in [-0.05, 0) is 74.8 Å². The van der Waals surface area contributed by atoms with Crippen LogP contribution in [0.2, 0.25) is 0 Å². The normalized spacial score (nSPS) is 11.7. The topological polar surface area (TPSA) is 87.1 Å². The molecule has 1 amide bonds. The van der Waals surface area contributed by atoms with Crippen molar-refractivity contribution in [2.24, 2.45) is 0 Å². The molecule has 0 saturated carbocycles. The van der Waals surface area contributed by atoms with Gasteiger partial charge >= 0.3 is 18.0 Å². The van der Waals surface area contributed by atoms with E-state index in [4.69, 9.17) is 14.2 Å². The molecular weight excluding hydrogens is 547 g/mol. The van der Waals surface area contributed by atoms with Crippen LogP contribution in [-0.4, -0.2) is 52.9 Å². The number of benzene rings is 1. The molecular formula is C27H36BrFN2O6. The molecule has 10 heteroatoms. The lowest BCUT2D eigenvalue weighted by Gasteiger charge is -2.28. The van der Waals surface area contributed by atoms with Crippen molar-refractivity contribution in [3.05, 3.63) is 51.5 Å². The summed E-state index contributed by atoms with van der Waals surface area (Å²) in [5.41, 5.74) is 0.523. The van der Waals surface area contributed by atoms with Crippen molar-refractivity contribution in [2.75, 3.05) is 19.8 Å². The zero-order valence-electron chi connectivity index (χ0n) is 22.7. The quantitative estimate of drug-likeness (QED) is 0.274. The van der Waals surface area contributed by atoms with Gasteiger partial charge in [0, 0.05) is 16.8 Å². The molecule has 0 aliphatic rings. The van der Waals surface area contributed by atoms with Crippen LogP contribution in [0.4, 0.5) is 9.18 Å². The second-order valence-corrected chi connectivity index (χ2v) is 11.2. The van der Waals surface area contributed by atoms with Gasteiger partial charge < -0.3 is 18.8 Å². The summed E-state index contributed by atoms with van der Waals surface area (Å²) < 4.78 is 32.1. The van der Waals surface area contributed by atoms with Gasteiger partial charge in [-0.15, -0.1) is 0 Å². The van der Waals surface area contributed by atoms with E-state index in [9.17, 15) is 18.8 Å². The fourth-order valence-electron chi connectivity index (χ4n) is 3.74. The van der Waals surface area contributed by atoms with E-state index in [-0.39, 0.29) is 25.3 Å². The van der Waals surface area contributed by atoms with Crippen molar-refractivity contribution in [1.29, 1.82) is 0 Å². The summed E-state index contributed by atoms with van der Waals surface area (Å²) >= 11 is 3.60. The molecule has 204 valence electrons. The van der Waals surface area contributed by atoms with Crippen LogP contribution in [-0.2, 0) is 31.0 Å². The van der Waals surface area contributed by atoms with Crippen molar-refractivity contribution in [3.63, 3.8) is 0 Å². The van der Waals surface area contributed by atoms with E-state index in [0.717, 1.165) is 0 Å². The van der Waals surface area contributed by atoms with Gasteiger partial charge in [0.05, 0.1) is 35.5 Å². The number of halogens is 2. The Kier molecular flexibility index (Phi) is 9.93. The van der Waals surface area contributed by atoms with E-state index in [2.05, 4.69) is 15.9 Å². The molecule has 1 aromatic carbocycles. The standard InChI is InChI=1S/C27H36BrFN2O6/c1-9-35-20(32)16-30(25(34)37-27(6,7)8)15-19-21(24(33)36-10-2)22(28)23(26(3,4)5)31(19)18-13-11-17(29)12-14-18/h11-14H,9-10,15-16H2,1-8H3. The average Bonchev–Trinajstić information content (AvgIpc) is 3.05. The van der Waals surface area contributed by atoms with Gasteiger partial charge in [0.15, 0.2) is 0 Å². The molecule has 37 heavy (non-hydrogen) atoms.